The number of amides is 1. The number of fused-ring (bicyclic) bond motifs is 6. The van der Waals surface area contributed by atoms with Crippen LogP contribution in [0.1, 0.15) is 30.5 Å². The molecule has 288 valence electrons. The van der Waals surface area contributed by atoms with E-state index in [2.05, 4.69) is 74.5 Å². The second-order valence-corrected chi connectivity index (χ2v) is 18.0. The molecule has 2 aliphatic heterocycles. The van der Waals surface area contributed by atoms with E-state index in [1.807, 2.05) is 79.7 Å². The van der Waals surface area contributed by atoms with Crippen molar-refractivity contribution in [3.8, 4) is 5.75 Å². The highest BCUT2D eigenvalue weighted by molar-refractivity contribution is 7.93. The second-order valence-electron chi connectivity index (χ2n) is 16.2. The lowest BCUT2D eigenvalue weighted by Gasteiger charge is -2.51. The Morgan fingerprint density at radius 2 is 1.36 bits per heavy atom. The lowest BCUT2D eigenvalue weighted by Crippen LogP contribution is -2.57. The van der Waals surface area contributed by atoms with Gasteiger partial charge in [-0.05, 0) is 86.1 Å². The lowest BCUT2D eigenvalue weighted by atomic mass is 9.49. The summed E-state index contributed by atoms with van der Waals surface area (Å²) in [6.45, 7) is 4.53. The van der Waals surface area contributed by atoms with Crippen molar-refractivity contribution >= 4 is 71.0 Å². The van der Waals surface area contributed by atoms with Crippen molar-refractivity contribution in [2.45, 2.75) is 24.2 Å². The molecule has 10 rings (SSSR count). The van der Waals surface area contributed by atoms with Crippen LogP contribution in [0.25, 0.3) is 43.6 Å². The standard InChI is InChI=1S/C50H42N2O5S/c1-49(2)42-30-57-47(46-35-16-8-6-14-32(35)28-33-15-7-9-17-36(33)46)39(42)29-41(31-24-26-34(56-5)27-25-31)50(49)40-20-10-11-21-44(40)52(48(50)53)58(54,55)45-23-13-18-37-38(45)19-12-22-43(37)51(3)4/h6-29,42H,30H2,1-5H3/t42-,50-/m0/s1. The van der Waals surface area contributed by atoms with E-state index in [1.54, 1.807) is 31.4 Å². The van der Waals surface area contributed by atoms with Gasteiger partial charge in [0.25, 0.3) is 15.9 Å². The van der Waals surface area contributed by atoms with Crippen LogP contribution in [0.5, 0.6) is 5.75 Å². The molecule has 7 aromatic carbocycles. The van der Waals surface area contributed by atoms with Crippen LogP contribution in [0.15, 0.2) is 156 Å². The fourth-order valence-electron chi connectivity index (χ4n) is 10.1. The second kappa shape index (κ2) is 12.8. The first-order chi connectivity index (χ1) is 28.0. The number of carbonyl (C=O) groups excluding carboxylic acids is 1. The molecule has 1 aliphatic carbocycles. The van der Waals surface area contributed by atoms with Gasteiger partial charge in [0, 0.05) is 47.6 Å². The Morgan fingerprint density at radius 1 is 0.741 bits per heavy atom. The van der Waals surface area contributed by atoms with Gasteiger partial charge in [-0.15, -0.1) is 0 Å². The van der Waals surface area contributed by atoms with Crippen LogP contribution in [0.2, 0.25) is 0 Å². The number of benzene rings is 7. The number of methoxy groups -OCH3 is 1. The molecule has 0 radical (unpaired) electrons. The highest BCUT2D eigenvalue weighted by Gasteiger charge is 2.68. The van der Waals surface area contributed by atoms with Gasteiger partial charge >= 0.3 is 0 Å². The molecule has 8 heteroatoms. The molecule has 0 saturated carbocycles. The summed E-state index contributed by atoms with van der Waals surface area (Å²) >= 11 is 0. The van der Waals surface area contributed by atoms with Gasteiger partial charge in [0.15, 0.2) is 0 Å². The first-order valence-corrected chi connectivity index (χ1v) is 21.0. The molecule has 1 amide bonds. The zero-order valence-corrected chi connectivity index (χ0v) is 33.8. The topological polar surface area (TPSA) is 76.1 Å². The Hall–Kier alpha value is -6.38. The molecule has 1 spiro atoms. The molecule has 3 aliphatic rings. The molecule has 0 saturated heterocycles. The first kappa shape index (κ1) is 36.0. The van der Waals surface area contributed by atoms with Gasteiger partial charge in [0.2, 0.25) is 0 Å². The zero-order valence-electron chi connectivity index (χ0n) is 33.0. The maximum absolute atomic E-state index is 16.1. The van der Waals surface area contributed by atoms with Gasteiger partial charge < -0.3 is 14.4 Å². The predicted octanol–water partition coefficient (Wildman–Crippen LogP) is 10.4. The Bertz CT molecular complexity index is 3000. The molecule has 7 aromatic rings. The average molecular weight is 783 g/mol. The molecule has 0 unspecified atom stereocenters. The minimum atomic E-state index is -4.46. The zero-order chi connectivity index (χ0) is 40.1. The Morgan fingerprint density at radius 3 is 2.05 bits per heavy atom. The van der Waals surface area contributed by atoms with Gasteiger partial charge in [-0.1, -0.05) is 117 Å². The van der Waals surface area contributed by atoms with Gasteiger partial charge in [-0.2, -0.15) is 0 Å². The van der Waals surface area contributed by atoms with E-state index in [0.29, 0.717) is 34.6 Å². The number of sulfonamides is 1. The van der Waals surface area contributed by atoms with Gasteiger partial charge in [-0.3, -0.25) is 4.79 Å². The molecule has 2 heterocycles. The monoisotopic (exact) mass is 782 g/mol. The van der Waals surface area contributed by atoms with Crippen LogP contribution in [0.4, 0.5) is 11.4 Å². The van der Waals surface area contributed by atoms with Crippen LogP contribution in [0.3, 0.4) is 0 Å². The number of anilines is 2. The summed E-state index contributed by atoms with van der Waals surface area (Å²) < 4.78 is 44.4. The summed E-state index contributed by atoms with van der Waals surface area (Å²) in [7, 11) is 1.03. The van der Waals surface area contributed by atoms with Crippen molar-refractivity contribution in [3.63, 3.8) is 0 Å². The van der Waals surface area contributed by atoms with E-state index in [0.717, 1.165) is 59.4 Å². The van der Waals surface area contributed by atoms with E-state index in [4.69, 9.17) is 9.47 Å². The van der Waals surface area contributed by atoms with Gasteiger partial charge in [0.05, 0.1) is 24.3 Å². The number of nitrogens with zero attached hydrogens (tertiary/aromatic N) is 2. The summed E-state index contributed by atoms with van der Waals surface area (Å²) in [4.78, 5) is 18.1. The minimum Gasteiger partial charge on any atom is -0.497 e. The molecule has 7 nitrogen and oxygen atoms in total. The van der Waals surface area contributed by atoms with Crippen LogP contribution < -0.4 is 13.9 Å². The molecular formula is C50H42N2O5S. The molecule has 0 fully saturated rings. The quantitative estimate of drug-likeness (QED) is 0.156. The van der Waals surface area contributed by atoms with Crippen molar-refractivity contribution in [1.82, 2.24) is 0 Å². The fourth-order valence-corrected chi connectivity index (χ4v) is 11.8. The van der Waals surface area contributed by atoms with Crippen LogP contribution in [-0.2, 0) is 25.0 Å². The lowest BCUT2D eigenvalue weighted by molar-refractivity contribution is -0.124. The number of para-hydroxylation sites is 1. The first-order valence-electron chi connectivity index (χ1n) is 19.5. The van der Waals surface area contributed by atoms with Crippen molar-refractivity contribution in [2.75, 3.05) is 37.0 Å². The number of ether oxygens (including phenoxy) is 2. The van der Waals surface area contributed by atoms with Crippen molar-refractivity contribution < 1.29 is 22.7 Å². The molecule has 0 N–H and O–H groups in total. The van der Waals surface area contributed by atoms with E-state index in [-0.39, 0.29) is 10.8 Å². The van der Waals surface area contributed by atoms with Crippen LogP contribution in [-0.4, -0.2) is 42.1 Å². The third-order valence-corrected chi connectivity index (χ3v) is 14.6. The third-order valence-electron chi connectivity index (χ3n) is 12.9. The average Bonchev–Trinajstić information content (AvgIpc) is 3.78. The predicted molar refractivity (Wildman–Crippen MR) is 234 cm³/mol. The number of allylic oxidation sites excluding steroid dienone is 1. The highest BCUT2D eigenvalue weighted by atomic mass is 32.2. The van der Waals surface area contributed by atoms with E-state index in [1.165, 1.54) is 0 Å². The Labute approximate surface area is 338 Å². The minimum absolute atomic E-state index is 0.0763. The van der Waals surface area contributed by atoms with Crippen LogP contribution in [0, 0.1) is 11.3 Å². The molecule has 2 atom stereocenters. The molecule has 0 aromatic heterocycles. The van der Waals surface area contributed by atoms with Gasteiger partial charge in [-0.25, -0.2) is 12.7 Å². The van der Waals surface area contributed by atoms with Crippen molar-refractivity contribution in [3.05, 3.63) is 168 Å². The normalized spacial score (nSPS) is 19.7. The summed E-state index contributed by atoms with van der Waals surface area (Å²) in [5.74, 6) is 0.669. The van der Waals surface area contributed by atoms with Crippen LogP contribution >= 0.6 is 0 Å². The number of hydrogen-bond acceptors (Lipinski definition) is 6. The van der Waals surface area contributed by atoms with Crippen molar-refractivity contribution in [1.29, 1.82) is 0 Å². The summed E-state index contributed by atoms with van der Waals surface area (Å²) in [5, 5.41) is 5.70. The maximum atomic E-state index is 16.1. The smallest absolute Gasteiger partial charge is 0.271 e. The summed E-state index contributed by atoms with van der Waals surface area (Å²) in [6.07, 6.45) is 2.13. The van der Waals surface area contributed by atoms with E-state index in [9.17, 15) is 0 Å². The van der Waals surface area contributed by atoms with Gasteiger partial charge in [0.1, 0.15) is 16.9 Å². The Kier molecular flexibility index (Phi) is 7.95. The number of hydrogen-bond donors (Lipinski definition) is 0. The summed E-state index contributed by atoms with van der Waals surface area (Å²) in [6, 6.07) is 45.0. The molecule has 0 bridgehead atoms. The van der Waals surface area contributed by atoms with E-state index >= 15 is 13.2 Å². The highest BCUT2D eigenvalue weighted by Crippen LogP contribution is 2.67. The van der Waals surface area contributed by atoms with Crippen molar-refractivity contribution in [2.24, 2.45) is 11.3 Å². The third kappa shape index (κ3) is 4.78. The van der Waals surface area contributed by atoms with E-state index < -0.39 is 26.8 Å². The maximum Gasteiger partial charge on any atom is 0.271 e. The number of carbonyl (C=O) groups is 1. The summed E-state index contributed by atoms with van der Waals surface area (Å²) in [5.41, 5.74) is 3.05. The number of rotatable bonds is 6. The fraction of sp³-hybridized carbons (Fsp3) is 0.180. The SMILES string of the molecule is COc1ccc(C2=CC3=C(c4c5ccccc5cc5ccccc45)OC[C@@H]3C(C)(C)[C@]23C(=O)N(S(=O)(=O)c2cccc4c(N(C)C)cccc24)c2ccccc23)cc1. The largest absolute Gasteiger partial charge is 0.497 e. The Balaban J connectivity index is 1.27. The molecular weight excluding hydrogens is 741 g/mol. The molecule has 58 heavy (non-hydrogen) atoms.